The van der Waals surface area contributed by atoms with Crippen LogP contribution in [-0.4, -0.2) is 35.4 Å². The van der Waals surface area contributed by atoms with Crippen molar-refractivity contribution >= 4 is 23.7 Å². The SMILES string of the molecule is CCCOc1ccc(COC(=O)N2COc3ccc(-c4cccc(CC(=O)O)c4)cc3C2)c(Cl)c1. The Morgan fingerprint density at radius 3 is 2.69 bits per heavy atom. The third kappa shape index (κ3) is 6.25. The number of nitrogens with zero attached hydrogens (tertiary/aromatic N) is 1. The molecule has 0 atom stereocenters. The molecule has 35 heavy (non-hydrogen) atoms. The average molecular weight is 496 g/mol. The molecule has 0 aromatic heterocycles. The Labute approximate surface area is 208 Å². The van der Waals surface area contributed by atoms with Crippen LogP contribution in [0.25, 0.3) is 11.1 Å². The Morgan fingerprint density at radius 1 is 1.09 bits per heavy atom. The van der Waals surface area contributed by atoms with Crippen molar-refractivity contribution in [3.8, 4) is 22.6 Å². The molecule has 3 aromatic carbocycles. The predicted molar refractivity (Wildman–Crippen MR) is 132 cm³/mol. The van der Waals surface area contributed by atoms with Crippen molar-refractivity contribution in [3.05, 3.63) is 82.4 Å². The van der Waals surface area contributed by atoms with Gasteiger partial charge in [0.1, 0.15) is 18.1 Å². The first-order valence-corrected chi connectivity index (χ1v) is 11.7. The van der Waals surface area contributed by atoms with E-state index in [2.05, 4.69) is 0 Å². The summed E-state index contributed by atoms with van der Waals surface area (Å²) in [6.07, 6.45) is 0.350. The molecule has 0 saturated carbocycles. The van der Waals surface area contributed by atoms with Crippen LogP contribution in [-0.2, 0) is 29.1 Å². The van der Waals surface area contributed by atoms with Crippen molar-refractivity contribution in [2.45, 2.75) is 32.9 Å². The molecule has 1 aliphatic heterocycles. The highest BCUT2D eigenvalue weighted by Crippen LogP contribution is 2.31. The minimum absolute atomic E-state index is 0.0332. The molecule has 0 saturated heterocycles. The van der Waals surface area contributed by atoms with Gasteiger partial charge >= 0.3 is 12.1 Å². The highest BCUT2D eigenvalue weighted by atomic mass is 35.5. The fourth-order valence-electron chi connectivity index (χ4n) is 3.76. The van der Waals surface area contributed by atoms with Gasteiger partial charge in [-0.05, 0) is 47.4 Å². The van der Waals surface area contributed by atoms with Crippen molar-refractivity contribution in [2.75, 3.05) is 13.3 Å². The highest BCUT2D eigenvalue weighted by Gasteiger charge is 2.24. The number of ether oxygens (including phenoxy) is 3. The van der Waals surface area contributed by atoms with Crippen LogP contribution in [0.3, 0.4) is 0 Å². The molecular formula is C27H26ClNO6. The van der Waals surface area contributed by atoms with Crippen LogP contribution in [0.2, 0.25) is 5.02 Å². The summed E-state index contributed by atoms with van der Waals surface area (Å²) in [5.41, 5.74) is 4.05. The zero-order valence-corrected chi connectivity index (χ0v) is 20.1. The molecule has 0 unspecified atom stereocenters. The molecule has 182 valence electrons. The van der Waals surface area contributed by atoms with Crippen LogP contribution in [0.5, 0.6) is 11.5 Å². The molecule has 0 radical (unpaired) electrons. The Balaban J connectivity index is 1.41. The van der Waals surface area contributed by atoms with Crippen LogP contribution in [0.4, 0.5) is 4.79 Å². The molecule has 4 rings (SSSR count). The summed E-state index contributed by atoms with van der Waals surface area (Å²) >= 11 is 6.32. The zero-order chi connectivity index (χ0) is 24.8. The van der Waals surface area contributed by atoms with Crippen molar-refractivity contribution in [1.82, 2.24) is 4.90 Å². The summed E-state index contributed by atoms with van der Waals surface area (Å²) in [5, 5.41) is 9.54. The number of rotatable bonds is 8. The number of aliphatic carboxylic acids is 1. The van der Waals surface area contributed by atoms with Gasteiger partial charge in [-0.25, -0.2) is 4.79 Å². The van der Waals surface area contributed by atoms with Gasteiger partial charge in [-0.3, -0.25) is 9.69 Å². The minimum Gasteiger partial charge on any atom is -0.494 e. The molecule has 0 aliphatic carbocycles. The van der Waals surface area contributed by atoms with E-state index in [9.17, 15) is 9.59 Å². The number of halogens is 1. The Bertz CT molecular complexity index is 1230. The lowest BCUT2D eigenvalue weighted by molar-refractivity contribution is -0.136. The number of hydrogen-bond donors (Lipinski definition) is 1. The van der Waals surface area contributed by atoms with E-state index in [-0.39, 0.29) is 19.8 Å². The van der Waals surface area contributed by atoms with E-state index in [0.717, 1.165) is 28.7 Å². The first kappa shape index (κ1) is 24.4. The summed E-state index contributed by atoms with van der Waals surface area (Å²) in [7, 11) is 0. The van der Waals surface area contributed by atoms with Gasteiger partial charge in [-0.2, -0.15) is 0 Å². The summed E-state index contributed by atoms with van der Waals surface area (Å²) in [5.74, 6) is 0.500. The van der Waals surface area contributed by atoms with Crippen molar-refractivity contribution in [3.63, 3.8) is 0 Å². The molecule has 1 N–H and O–H groups in total. The normalized spacial score (nSPS) is 12.5. The lowest BCUT2D eigenvalue weighted by atomic mass is 9.99. The fraction of sp³-hybridized carbons (Fsp3) is 0.259. The van der Waals surface area contributed by atoms with Crippen molar-refractivity contribution in [2.24, 2.45) is 0 Å². The lowest BCUT2D eigenvalue weighted by Gasteiger charge is -2.28. The van der Waals surface area contributed by atoms with Gasteiger partial charge in [0.2, 0.25) is 0 Å². The Hall–Kier alpha value is -3.71. The maximum Gasteiger partial charge on any atom is 0.413 e. The van der Waals surface area contributed by atoms with E-state index < -0.39 is 12.1 Å². The molecule has 0 bridgehead atoms. The number of carboxylic acid groups (broad SMARTS) is 1. The van der Waals surface area contributed by atoms with Gasteiger partial charge in [-0.15, -0.1) is 0 Å². The van der Waals surface area contributed by atoms with Gasteiger partial charge in [0.15, 0.2) is 6.73 Å². The summed E-state index contributed by atoms with van der Waals surface area (Å²) in [6, 6.07) is 18.4. The van der Waals surface area contributed by atoms with Crippen molar-refractivity contribution < 1.29 is 28.9 Å². The molecule has 1 heterocycles. The van der Waals surface area contributed by atoms with Gasteiger partial charge in [0.05, 0.1) is 24.6 Å². The lowest BCUT2D eigenvalue weighted by Crippen LogP contribution is -2.37. The smallest absolute Gasteiger partial charge is 0.413 e. The fourth-order valence-corrected chi connectivity index (χ4v) is 3.99. The third-order valence-corrected chi connectivity index (χ3v) is 5.87. The number of carbonyl (C=O) groups excluding carboxylic acids is 1. The first-order chi connectivity index (χ1) is 16.9. The third-order valence-electron chi connectivity index (χ3n) is 5.52. The van der Waals surface area contributed by atoms with Crippen LogP contribution in [0.1, 0.15) is 30.0 Å². The maximum absolute atomic E-state index is 12.7. The molecule has 1 amide bonds. The van der Waals surface area contributed by atoms with E-state index in [1.165, 1.54) is 4.90 Å². The number of carbonyl (C=O) groups is 2. The summed E-state index contributed by atoms with van der Waals surface area (Å²) in [6.45, 7) is 3.08. The van der Waals surface area contributed by atoms with Gasteiger partial charge in [0.25, 0.3) is 0 Å². The summed E-state index contributed by atoms with van der Waals surface area (Å²) < 4.78 is 16.8. The van der Waals surface area contributed by atoms with Crippen LogP contribution in [0, 0.1) is 0 Å². The average Bonchev–Trinajstić information content (AvgIpc) is 2.85. The first-order valence-electron chi connectivity index (χ1n) is 11.3. The minimum atomic E-state index is -0.878. The highest BCUT2D eigenvalue weighted by molar-refractivity contribution is 6.31. The topological polar surface area (TPSA) is 85.3 Å². The molecule has 7 nitrogen and oxygen atoms in total. The largest absolute Gasteiger partial charge is 0.494 e. The molecule has 8 heteroatoms. The van der Waals surface area contributed by atoms with E-state index >= 15 is 0 Å². The molecule has 0 fully saturated rings. The second kappa shape index (κ2) is 11.1. The number of fused-ring (bicyclic) bond motifs is 1. The Kier molecular flexibility index (Phi) is 7.77. The number of hydrogen-bond acceptors (Lipinski definition) is 5. The second-order valence-corrected chi connectivity index (χ2v) is 8.63. The second-order valence-electron chi connectivity index (χ2n) is 8.22. The number of amides is 1. The van der Waals surface area contributed by atoms with E-state index in [0.29, 0.717) is 35.2 Å². The van der Waals surface area contributed by atoms with Crippen LogP contribution in [0.15, 0.2) is 60.7 Å². The Morgan fingerprint density at radius 2 is 1.91 bits per heavy atom. The molecule has 1 aliphatic rings. The van der Waals surface area contributed by atoms with E-state index in [1.54, 1.807) is 24.3 Å². The standard InChI is InChI=1S/C27H26ClNO6/c1-2-10-33-23-8-6-21(24(28)14-23)16-34-27(32)29-15-22-13-20(7-9-25(22)35-17-29)19-5-3-4-18(11-19)12-26(30)31/h3-9,11,13-14H,2,10,12,15-17H2,1H3,(H,30,31). The monoisotopic (exact) mass is 495 g/mol. The van der Waals surface area contributed by atoms with Gasteiger partial charge in [-0.1, -0.05) is 54.9 Å². The van der Waals surface area contributed by atoms with Gasteiger partial charge < -0.3 is 19.3 Å². The van der Waals surface area contributed by atoms with Crippen LogP contribution >= 0.6 is 11.6 Å². The number of carboxylic acids is 1. The molecule has 0 spiro atoms. The number of benzene rings is 3. The van der Waals surface area contributed by atoms with Crippen LogP contribution < -0.4 is 9.47 Å². The predicted octanol–water partition coefficient (Wildman–Crippen LogP) is 5.91. The van der Waals surface area contributed by atoms with E-state index in [1.807, 2.05) is 43.3 Å². The maximum atomic E-state index is 12.7. The van der Waals surface area contributed by atoms with Gasteiger partial charge in [0, 0.05) is 11.1 Å². The molecule has 3 aromatic rings. The molecular weight excluding hydrogens is 470 g/mol. The van der Waals surface area contributed by atoms with Crippen molar-refractivity contribution in [1.29, 1.82) is 0 Å². The zero-order valence-electron chi connectivity index (χ0n) is 19.3. The van der Waals surface area contributed by atoms with E-state index in [4.69, 9.17) is 30.9 Å². The quantitative estimate of drug-likeness (QED) is 0.418. The summed E-state index contributed by atoms with van der Waals surface area (Å²) in [4.78, 5) is 25.2.